The van der Waals surface area contributed by atoms with E-state index >= 15 is 0 Å². The highest BCUT2D eigenvalue weighted by Gasteiger charge is 2.24. The maximum Gasteiger partial charge on any atom is 0.248 e. The van der Waals surface area contributed by atoms with E-state index in [-0.39, 0.29) is 30.5 Å². The lowest BCUT2D eigenvalue weighted by Gasteiger charge is -2.23. The van der Waals surface area contributed by atoms with Crippen LogP contribution in [0, 0.1) is 6.92 Å². The van der Waals surface area contributed by atoms with Crippen LogP contribution in [0.2, 0.25) is 0 Å². The standard InChI is InChI=1S/C14H21N5O2S.HI/c1-4-15-13(16-8-12-18-10(2)19-21-12)17-9-14(3,20)11-6-5-7-22-11;/h5-7,20H,4,8-9H2,1-3H3,(H2,15,16,17);1H. The molecule has 1 atom stereocenters. The van der Waals surface area contributed by atoms with Gasteiger partial charge >= 0.3 is 0 Å². The molecule has 0 aliphatic carbocycles. The number of guanidine groups is 1. The molecule has 0 aromatic carbocycles. The second kappa shape index (κ2) is 9.18. The monoisotopic (exact) mass is 451 g/mol. The third-order valence-corrected chi connectivity index (χ3v) is 4.06. The first-order chi connectivity index (χ1) is 10.5. The third-order valence-electron chi connectivity index (χ3n) is 2.94. The van der Waals surface area contributed by atoms with Crippen LogP contribution in [0.5, 0.6) is 0 Å². The fourth-order valence-corrected chi connectivity index (χ4v) is 2.61. The fourth-order valence-electron chi connectivity index (χ4n) is 1.82. The van der Waals surface area contributed by atoms with Crippen molar-refractivity contribution in [3.8, 4) is 0 Å². The second-order valence-corrected chi connectivity index (χ2v) is 5.98. The van der Waals surface area contributed by atoms with Gasteiger partial charge in [0.25, 0.3) is 0 Å². The van der Waals surface area contributed by atoms with Crippen LogP contribution >= 0.6 is 35.3 Å². The zero-order valence-electron chi connectivity index (χ0n) is 13.4. The number of nitrogens with zero attached hydrogens (tertiary/aromatic N) is 3. The minimum absolute atomic E-state index is 0. The molecular formula is C14H22IN5O2S. The van der Waals surface area contributed by atoms with Gasteiger partial charge < -0.3 is 20.3 Å². The number of halogens is 1. The van der Waals surface area contributed by atoms with Crippen LogP contribution in [-0.4, -0.2) is 34.3 Å². The van der Waals surface area contributed by atoms with E-state index < -0.39 is 5.60 Å². The van der Waals surface area contributed by atoms with Crippen molar-refractivity contribution in [2.75, 3.05) is 13.1 Å². The van der Waals surface area contributed by atoms with Crippen molar-refractivity contribution in [3.63, 3.8) is 0 Å². The number of hydrogen-bond acceptors (Lipinski definition) is 6. The van der Waals surface area contributed by atoms with E-state index in [1.165, 1.54) is 11.3 Å². The van der Waals surface area contributed by atoms with Crippen molar-refractivity contribution in [2.24, 2.45) is 4.99 Å². The highest BCUT2D eigenvalue weighted by molar-refractivity contribution is 14.0. The summed E-state index contributed by atoms with van der Waals surface area (Å²) in [7, 11) is 0. The quantitative estimate of drug-likeness (QED) is 0.354. The van der Waals surface area contributed by atoms with Gasteiger partial charge in [-0.2, -0.15) is 4.98 Å². The molecule has 0 bridgehead atoms. The molecule has 0 aliphatic rings. The molecule has 3 N–H and O–H groups in total. The minimum Gasteiger partial charge on any atom is -0.383 e. The maximum atomic E-state index is 10.5. The van der Waals surface area contributed by atoms with Gasteiger partial charge in [0, 0.05) is 11.4 Å². The van der Waals surface area contributed by atoms with E-state index in [2.05, 4.69) is 25.8 Å². The smallest absolute Gasteiger partial charge is 0.248 e. The number of aliphatic imine (C=N–C) groups is 1. The molecule has 2 rings (SSSR count). The topological polar surface area (TPSA) is 95.6 Å². The molecule has 7 nitrogen and oxygen atoms in total. The van der Waals surface area contributed by atoms with Gasteiger partial charge in [-0.15, -0.1) is 35.3 Å². The number of rotatable bonds is 6. The number of hydrogen-bond donors (Lipinski definition) is 3. The highest BCUT2D eigenvalue weighted by atomic mass is 127. The second-order valence-electron chi connectivity index (χ2n) is 5.04. The molecule has 0 amide bonds. The molecule has 0 saturated heterocycles. The van der Waals surface area contributed by atoms with Crippen LogP contribution in [-0.2, 0) is 12.1 Å². The van der Waals surface area contributed by atoms with Crippen LogP contribution in [0.15, 0.2) is 27.0 Å². The van der Waals surface area contributed by atoms with E-state index in [4.69, 9.17) is 4.52 Å². The Kier molecular flexibility index (Phi) is 7.92. The van der Waals surface area contributed by atoms with E-state index in [0.717, 1.165) is 11.4 Å². The van der Waals surface area contributed by atoms with Crippen LogP contribution < -0.4 is 10.6 Å². The molecule has 2 heterocycles. The number of thiophene rings is 1. The Morgan fingerprint density at radius 3 is 2.83 bits per heavy atom. The van der Waals surface area contributed by atoms with E-state index in [9.17, 15) is 5.11 Å². The molecule has 0 fully saturated rings. The van der Waals surface area contributed by atoms with Crippen LogP contribution in [0.25, 0.3) is 0 Å². The largest absolute Gasteiger partial charge is 0.383 e. The fraction of sp³-hybridized carbons (Fsp3) is 0.500. The SMILES string of the molecule is CCNC(=NCc1nc(C)no1)NCC(C)(O)c1cccs1.I. The summed E-state index contributed by atoms with van der Waals surface area (Å²) in [6.07, 6.45) is 0. The van der Waals surface area contributed by atoms with Gasteiger partial charge in [-0.3, -0.25) is 0 Å². The van der Waals surface area contributed by atoms with Gasteiger partial charge in [-0.05, 0) is 32.2 Å². The van der Waals surface area contributed by atoms with Crippen molar-refractivity contribution in [1.82, 2.24) is 20.8 Å². The molecule has 0 radical (unpaired) electrons. The summed E-state index contributed by atoms with van der Waals surface area (Å²) in [4.78, 5) is 9.38. The molecule has 2 aromatic heterocycles. The Balaban J connectivity index is 0.00000264. The van der Waals surface area contributed by atoms with Crippen molar-refractivity contribution >= 4 is 41.3 Å². The predicted molar refractivity (Wildman–Crippen MR) is 101 cm³/mol. The average molecular weight is 451 g/mol. The Morgan fingerprint density at radius 2 is 2.26 bits per heavy atom. The van der Waals surface area contributed by atoms with Crippen molar-refractivity contribution in [1.29, 1.82) is 0 Å². The first-order valence-electron chi connectivity index (χ1n) is 7.09. The van der Waals surface area contributed by atoms with Crippen LogP contribution in [0.1, 0.15) is 30.4 Å². The first-order valence-corrected chi connectivity index (χ1v) is 7.97. The molecule has 0 aliphatic heterocycles. The lowest BCUT2D eigenvalue weighted by Crippen LogP contribution is -2.44. The van der Waals surface area contributed by atoms with Gasteiger partial charge in [0.15, 0.2) is 11.8 Å². The van der Waals surface area contributed by atoms with Crippen molar-refractivity contribution < 1.29 is 9.63 Å². The summed E-state index contributed by atoms with van der Waals surface area (Å²) >= 11 is 1.52. The molecule has 9 heteroatoms. The predicted octanol–water partition coefficient (Wildman–Crippen LogP) is 2.02. The molecule has 23 heavy (non-hydrogen) atoms. The Hall–Kier alpha value is -1.20. The number of aliphatic hydroxyl groups is 1. The van der Waals surface area contributed by atoms with E-state index in [0.29, 0.717) is 24.2 Å². The molecule has 1 unspecified atom stereocenters. The summed E-state index contributed by atoms with van der Waals surface area (Å²) in [6.45, 7) is 6.87. The number of nitrogens with one attached hydrogen (secondary N) is 2. The van der Waals surface area contributed by atoms with E-state index in [1.54, 1.807) is 13.8 Å². The molecule has 2 aromatic rings. The molecular weight excluding hydrogens is 429 g/mol. The van der Waals surface area contributed by atoms with Gasteiger partial charge in [-0.1, -0.05) is 11.2 Å². The van der Waals surface area contributed by atoms with E-state index in [1.807, 2.05) is 24.4 Å². The van der Waals surface area contributed by atoms with Gasteiger partial charge in [0.1, 0.15) is 12.1 Å². The molecule has 0 saturated carbocycles. The summed E-state index contributed by atoms with van der Waals surface area (Å²) in [5.74, 6) is 1.64. The van der Waals surface area contributed by atoms with Gasteiger partial charge in [0.2, 0.25) is 5.89 Å². The summed E-state index contributed by atoms with van der Waals surface area (Å²) in [6, 6.07) is 3.84. The lowest BCUT2D eigenvalue weighted by molar-refractivity contribution is 0.0655. The Morgan fingerprint density at radius 1 is 1.48 bits per heavy atom. The zero-order chi connectivity index (χ0) is 16.0. The lowest BCUT2D eigenvalue weighted by atomic mass is 10.1. The summed E-state index contributed by atoms with van der Waals surface area (Å²) in [5, 5.41) is 22.4. The van der Waals surface area contributed by atoms with Crippen molar-refractivity contribution in [2.45, 2.75) is 32.9 Å². The third kappa shape index (κ3) is 6.07. The summed E-state index contributed by atoms with van der Waals surface area (Å²) < 4.78 is 5.03. The van der Waals surface area contributed by atoms with Crippen molar-refractivity contribution in [3.05, 3.63) is 34.1 Å². The highest BCUT2D eigenvalue weighted by Crippen LogP contribution is 2.24. The molecule has 0 spiro atoms. The van der Waals surface area contributed by atoms with Gasteiger partial charge in [-0.25, -0.2) is 4.99 Å². The molecule has 128 valence electrons. The average Bonchev–Trinajstić information content (AvgIpc) is 3.13. The van der Waals surface area contributed by atoms with Gasteiger partial charge in [0.05, 0.1) is 6.54 Å². The first kappa shape index (κ1) is 19.8. The minimum atomic E-state index is -0.953. The normalized spacial score (nSPS) is 14.0. The Labute approximate surface area is 156 Å². The number of aromatic nitrogens is 2. The van der Waals surface area contributed by atoms with Crippen LogP contribution in [0.3, 0.4) is 0 Å². The zero-order valence-corrected chi connectivity index (χ0v) is 16.5. The van der Waals surface area contributed by atoms with Crippen LogP contribution in [0.4, 0.5) is 0 Å². The summed E-state index contributed by atoms with van der Waals surface area (Å²) in [5.41, 5.74) is -0.953. The Bertz CT molecular complexity index is 612. The maximum absolute atomic E-state index is 10.5. The number of aryl methyl sites for hydroxylation is 1.